The van der Waals surface area contributed by atoms with Crippen molar-refractivity contribution in [2.45, 2.75) is 19.3 Å². The van der Waals surface area contributed by atoms with E-state index >= 15 is 0 Å². The highest BCUT2D eigenvalue weighted by atomic mass is 19.1. The maximum atomic E-state index is 13.8. The molecule has 0 aliphatic carbocycles. The van der Waals surface area contributed by atoms with E-state index in [9.17, 15) is 13.6 Å². The van der Waals surface area contributed by atoms with Gasteiger partial charge in [0.2, 0.25) is 0 Å². The van der Waals surface area contributed by atoms with E-state index in [0.717, 1.165) is 6.07 Å². The van der Waals surface area contributed by atoms with Crippen LogP contribution in [-0.2, 0) is 11.2 Å². The summed E-state index contributed by atoms with van der Waals surface area (Å²) in [5.41, 5.74) is 0.0714. The third kappa shape index (κ3) is 2.27. The molecule has 0 saturated carbocycles. The summed E-state index contributed by atoms with van der Waals surface area (Å²) in [7, 11) is 0. The average molecular weight is 240 g/mol. The van der Waals surface area contributed by atoms with E-state index in [2.05, 4.69) is 0 Å². The third-order valence-electron chi connectivity index (χ3n) is 2.56. The Hall–Kier alpha value is -1.91. The lowest BCUT2D eigenvalue weighted by molar-refractivity contribution is -0.137. The molecule has 1 aromatic carbocycles. The summed E-state index contributed by atoms with van der Waals surface area (Å²) in [6, 6.07) is 2.54. The first-order valence-electron chi connectivity index (χ1n) is 5.15. The molecule has 0 fully saturated rings. The fourth-order valence-electron chi connectivity index (χ4n) is 1.73. The van der Waals surface area contributed by atoms with E-state index in [1.807, 2.05) is 0 Å². The first-order chi connectivity index (χ1) is 8.09. The predicted octanol–water partition coefficient (Wildman–Crippen LogP) is 3.12. The molecule has 17 heavy (non-hydrogen) atoms. The molecule has 0 spiro atoms. The molecular formula is C12H10F2O3. The molecule has 1 heterocycles. The molecule has 0 amide bonds. The molecule has 0 aliphatic rings. The van der Waals surface area contributed by atoms with Gasteiger partial charge in [0.1, 0.15) is 17.2 Å². The largest absolute Gasteiger partial charge is 0.481 e. The second kappa shape index (κ2) is 4.53. The molecule has 0 bridgehead atoms. The molecule has 2 rings (SSSR count). The van der Waals surface area contributed by atoms with Crippen LogP contribution >= 0.6 is 0 Å². The van der Waals surface area contributed by atoms with Crippen molar-refractivity contribution in [1.82, 2.24) is 0 Å². The van der Waals surface area contributed by atoms with Gasteiger partial charge in [-0.3, -0.25) is 4.79 Å². The lowest BCUT2D eigenvalue weighted by atomic mass is 10.0. The second-order valence-corrected chi connectivity index (χ2v) is 3.73. The number of furan rings is 1. The Morgan fingerprint density at radius 2 is 2.18 bits per heavy atom. The van der Waals surface area contributed by atoms with Crippen molar-refractivity contribution in [2.75, 3.05) is 0 Å². The van der Waals surface area contributed by atoms with Gasteiger partial charge in [-0.1, -0.05) is 0 Å². The van der Waals surface area contributed by atoms with Gasteiger partial charge in [0.15, 0.2) is 0 Å². The van der Waals surface area contributed by atoms with Crippen LogP contribution in [0.5, 0.6) is 0 Å². The van der Waals surface area contributed by atoms with Crippen LogP contribution in [0.2, 0.25) is 0 Å². The highest BCUT2D eigenvalue weighted by molar-refractivity contribution is 5.78. The Morgan fingerprint density at radius 1 is 1.41 bits per heavy atom. The van der Waals surface area contributed by atoms with Gasteiger partial charge in [-0.15, -0.1) is 0 Å². The van der Waals surface area contributed by atoms with E-state index in [-0.39, 0.29) is 35.8 Å². The van der Waals surface area contributed by atoms with Crippen molar-refractivity contribution in [2.24, 2.45) is 0 Å². The smallest absolute Gasteiger partial charge is 0.303 e. The molecule has 2 aromatic rings. The van der Waals surface area contributed by atoms with E-state index < -0.39 is 17.6 Å². The van der Waals surface area contributed by atoms with Crippen LogP contribution in [-0.4, -0.2) is 11.1 Å². The highest BCUT2D eigenvalue weighted by Gasteiger charge is 2.15. The Bertz CT molecular complexity index is 560. The fraction of sp³-hybridized carbons (Fsp3) is 0.250. The monoisotopic (exact) mass is 240 g/mol. The number of fused-ring (bicyclic) bond motifs is 1. The fourth-order valence-corrected chi connectivity index (χ4v) is 1.73. The zero-order valence-electron chi connectivity index (χ0n) is 8.87. The lowest BCUT2D eigenvalue weighted by Crippen LogP contribution is -2.00. The molecule has 1 N–H and O–H groups in total. The van der Waals surface area contributed by atoms with Gasteiger partial charge in [-0.25, -0.2) is 8.78 Å². The molecule has 0 radical (unpaired) electrons. The van der Waals surface area contributed by atoms with Crippen molar-refractivity contribution in [3.8, 4) is 0 Å². The Balaban J connectivity index is 2.29. The Kier molecular flexibility index (Phi) is 3.08. The summed E-state index contributed by atoms with van der Waals surface area (Å²) in [4.78, 5) is 10.3. The van der Waals surface area contributed by atoms with Crippen molar-refractivity contribution in [3.63, 3.8) is 0 Å². The summed E-state index contributed by atoms with van der Waals surface area (Å²) in [6.45, 7) is 0. The molecule has 0 atom stereocenters. The van der Waals surface area contributed by atoms with Crippen LogP contribution in [0.4, 0.5) is 8.78 Å². The summed E-state index contributed by atoms with van der Waals surface area (Å²) in [5, 5.41) is 8.69. The minimum atomic E-state index is -0.977. The number of carboxylic acids is 1. The number of halogens is 2. The average Bonchev–Trinajstić information content (AvgIpc) is 2.70. The van der Waals surface area contributed by atoms with Crippen molar-refractivity contribution < 1.29 is 23.1 Å². The van der Waals surface area contributed by atoms with Gasteiger partial charge in [0, 0.05) is 18.1 Å². The van der Waals surface area contributed by atoms with E-state index in [4.69, 9.17) is 9.52 Å². The topological polar surface area (TPSA) is 50.4 Å². The maximum Gasteiger partial charge on any atom is 0.303 e. The number of hydrogen-bond acceptors (Lipinski definition) is 2. The van der Waals surface area contributed by atoms with Crippen LogP contribution in [0.15, 0.2) is 22.8 Å². The minimum Gasteiger partial charge on any atom is -0.481 e. The van der Waals surface area contributed by atoms with Gasteiger partial charge < -0.3 is 9.52 Å². The molecule has 0 unspecified atom stereocenters. The minimum absolute atomic E-state index is 0.0606. The zero-order chi connectivity index (χ0) is 12.4. The molecule has 0 saturated heterocycles. The molecule has 5 heteroatoms. The summed E-state index contributed by atoms with van der Waals surface area (Å²) >= 11 is 0. The number of aliphatic carboxylic acids is 1. The predicted molar refractivity (Wildman–Crippen MR) is 56.7 cm³/mol. The van der Waals surface area contributed by atoms with Crippen LogP contribution in [0.25, 0.3) is 11.0 Å². The van der Waals surface area contributed by atoms with Gasteiger partial charge >= 0.3 is 5.97 Å². The van der Waals surface area contributed by atoms with Crippen LogP contribution in [0.3, 0.4) is 0 Å². The Labute approximate surface area is 95.7 Å². The number of carboxylic acid groups (broad SMARTS) is 1. The standard InChI is InChI=1S/C12H10F2O3/c13-9-6-10-8(4-5-17-10)12(14)7(9)2-1-3-11(15)16/h4-6H,1-3H2,(H,15,16). The van der Waals surface area contributed by atoms with E-state index in [0.29, 0.717) is 0 Å². The summed E-state index contributed by atoms with van der Waals surface area (Å²) in [6.07, 6.45) is 1.44. The van der Waals surface area contributed by atoms with Crippen molar-refractivity contribution in [3.05, 3.63) is 35.6 Å². The number of benzene rings is 1. The van der Waals surface area contributed by atoms with E-state index in [1.165, 1.54) is 12.3 Å². The van der Waals surface area contributed by atoms with Crippen LogP contribution < -0.4 is 0 Å². The SMILES string of the molecule is O=C(O)CCCc1c(F)cc2occc2c1F. The zero-order valence-corrected chi connectivity index (χ0v) is 8.87. The summed E-state index contributed by atoms with van der Waals surface area (Å²) < 4.78 is 32.3. The van der Waals surface area contributed by atoms with Gasteiger partial charge in [-0.2, -0.15) is 0 Å². The summed E-state index contributed by atoms with van der Waals surface area (Å²) in [5.74, 6) is -2.34. The molecule has 3 nitrogen and oxygen atoms in total. The number of rotatable bonds is 4. The Morgan fingerprint density at radius 3 is 2.88 bits per heavy atom. The quantitative estimate of drug-likeness (QED) is 0.893. The molecule has 1 aromatic heterocycles. The molecular weight excluding hydrogens is 230 g/mol. The second-order valence-electron chi connectivity index (χ2n) is 3.73. The highest BCUT2D eigenvalue weighted by Crippen LogP contribution is 2.25. The third-order valence-corrected chi connectivity index (χ3v) is 2.56. The van der Waals surface area contributed by atoms with Gasteiger partial charge in [0.25, 0.3) is 0 Å². The lowest BCUT2D eigenvalue weighted by Gasteiger charge is -2.04. The number of carbonyl (C=O) groups is 1. The first-order valence-corrected chi connectivity index (χ1v) is 5.15. The number of hydrogen-bond donors (Lipinski definition) is 1. The van der Waals surface area contributed by atoms with Crippen LogP contribution in [0.1, 0.15) is 18.4 Å². The molecule has 0 aliphatic heterocycles. The molecule has 90 valence electrons. The van der Waals surface area contributed by atoms with Crippen molar-refractivity contribution >= 4 is 16.9 Å². The van der Waals surface area contributed by atoms with Gasteiger partial charge in [-0.05, 0) is 18.9 Å². The first kappa shape index (κ1) is 11.6. The normalized spacial score (nSPS) is 10.9. The van der Waals surface area contributed by atoms with Crippen molar-refractivity contribution in [1.29, 1.82) is 0 Å². The van der Waals surface area contributed by atoms with Gasteiger partial charge in [0.05, 0.1) is 11.6 Å². The maximum absolute atomic E-state index is 13.8. The van der Waals surface area contributed by atoms with Crippen LogP contribution in [0, 0.1) is 11.6 Å². The van der Waals surface area contributed by atoms with E-state index in [1.54, 1.807) is 0 Å².